The summed E-state index contributed by atoms with van der Waals surface area (Å²) in [4.78, 5) is 0. The molecule has 0 aliphatic heterocycles. The van der Waals surface area contributed by atoms with Crippen LogP contribution in [0.1, 0.15) is 0 Å². The molecule has 0 aromatic rings. The zero-order valence-corrected chi connectivity index (χ0v) is 16.8. The molecule has 0 unspecified atom stereocenters. The summed E-state index contributed by atoms with van der Waals surface area (Å²) in [6.45, 7) is 0. The fourth-order valence-corrected chi connectivity index (χ4v) is 2.09. The molecule has 0 amide bonds. The van der Waals surface area contributed by atoms with E-state index >= 15 is 0 Å². The van der Waals surface area contributed by atoms with Crippen LogP contribution in [0.25, 0.3) is 0 Å². The first kappa shape index (κ1) is 37.7. The van der Waals surface area contributed by atoms with Gasteiger partial charge in [0.15, 0.2) is 0 Å². The van der Waals surface area contributed by atoms with Gasteiger partial charge in [-0.15, -0.1) is 4.39 Å². The van der Waals surface area contributed by atoms with E-state index in [-0.39, 0.29) is 0 Å². The first-order chi connectivity index (χ1) is 16.8. The zero-order valence-electron chi connectivity index (χ0n) is 16.8. The summed E-state index contributed by atoms with van der Waals surface area (Å²) >= 11 is 0. The Morgan fingerprint density at radius 1 is 0.250 bits per heavy atom. The maximum atomic E-state index is 13.5. The maximum absolute atomic E-state index is 13.5. The highest BCUT2D eigenvalue weighted by Gasteiger charge is 2.99. The lowest BCUT2D eigenvalue weighted by atomic mass is 9.84. The van der Waals surface area contributed by atoms with Crippen molar-refractivity contribution in [2.75, 3.05) is 0 Å². The van der Waals surface area contributed by atoms with Crippen LogP contribution in [0.4, 0.5) is 114 Å². The van der Waals surface area contributed by atoms with Gasteiger partial charge in [0.05, 0.1) is 0 Å². The Morgan fingerprint density at radius 2 is 0.425 bits per heavy atom. The maximum Gasteiger partial charge on any atom is 0.460 e. The number of halogens is 26. The molecule has 0 aromatic heterocycles. The van der Waals surface area contributed by atoms with Gasteiger partial charge in [0.2, 0.25) is 0 Å². The van der Waals surface area contributed by atoms with Gasteiger partial charge >= 0.3 is 71.3 Å². The van der Waals surface area contributed by atoms with Crippen molar-refractivity contribution in [1.29, 1.82) is 0 Å². The van der Waals surface area contributed by atoms with Crippen molar-refractivity contribution in [1.82, 2.24) is 0 Å². The molecule has 238 valence electrons. The Bertz CT molecular complexity index is 997. The van der Waals surface area contributed by atoms with Crippen LogP contribution in [0.3, 0.4) is 0 Å². The highest BCUT2D eigenvalue weighted by Crippen LogP contribution is 2.67. The summed E-state index contributed by atoms with van der Waals surface area (Å²) in [7, 11) is 0. The van der Waals surface area contributed by atoms with Gasteiger partial charge in [-0.2, -0.15) is 110 Å². The molecule has 0 atom stereocenters. The third-order valence-electron chi connectivity index (χ3n) is 4.50. The molecule has 40 heavy (non-hydrogen) atoms. The summed E-state index contributed by atoms with van der Waals surface area (Å²) in [5.74, 6) is -101. The van der Waals surface area contributed by atoms with E-state index in [2.05, 4.69) is 0 Å². The molecule has 0 bridgehead atoms. The van der Waals surface area contributed by atoms with Crippen molar-refractivity contribution in [3.8, 4) is 12.1 Å². The highest BCUT2D eigenvalue weighted by molar-refractivity contribution is 5.22. The van der Waals surface area contributed by atoms with Crippen LogP contribution in [0.5, 0.6) is 0 Å². The lowest BCUT2D eigenvalue weighted by Gasteiger charge is -2.45. The largest absolute Gasteiger partial charge is 0.460 e. The van der Waals surface area contributed by atoms with E-state index in [1.807, 2.05) is 0 Å². The van der Waals surface area contributed by atoms with E-state index in [4.69, 9.17) is 0 Å². The van der Waals surface area contributed by atoms with Crippen LogP contribution in [-0.4, -0.2) is 71.3 Å². The molecule has 0 aliphatic rings. The number of hydrogen-bond donors (Lipinski definition) is 0. The Balaban J connectivity index is 7.36. The molecule has 0 rings (SSSR count). The predicted molar refractivity (Wildman–Crippen MR) is 69.4 cm³/mol. The van der Waals surface area contributed by atoms with Gasteiger partial charge in [-0.05, 0) is 0 Å². The molecule has 0 heterocycles. The summed E-state index contributed by atoms with van der Waals surface area (Å²) in [5.41, 5.74) is 0. The molecule has 0 radical (unpaired) electrons. The van der Waals surface area contributed by atoms with Gasteiger partial charge in [-0.3, -0.25) is 0 Å². The smallest absolute Gasteiger partial charge is 0.192 e. The van der Waals surface area contributed by atoms with E-state index in [1.54, 1.807) is 0 Å². The summed E-state index contributed by atoms with van der Waals surface area (Å²) in [6.07, 6.45) is -9.09. The second-order valence-corrected chi connectivity index (χ2v) is 7.04. The van der Waals surface area contributed by atoms with Gasteiger partial charge < -0.3 is 0 Å². The SMILES string of the molecule is FC#CC(F)(F)C(F)(F)C(F)(F)C(F)(F)C(F)(F)C(F)(F)C(F)(F)C(F)(F)C(F)(F)C(F)(F)C(F)(F)C(F)(F)F. The number of hydrogen-bond acceptors (Lipinski definition) is 0. The van der Waals surface area contributed by atoms with Crippen LogP contribution in [0.15, 0.2) is 0 Å². The van der Waals surface area contributed by atoms with Crippen LogP contribution >= 0.6 is 0 Å². The Hall–Kier alpha value is -2.26. The number of rotatable bonds is 10. The predicted octanol–water partition coefficient (Wildman–Crippen LogP) is 8.47. The molecule has 0 aliphatic carbocycles. The monoisotopic (exact) mass is 662 g/mol. The average Bonchev–Trinajstić information content (AvgIpc) is 2.71. The van der Waals surface area contributed by atoms with Gasteiger partial charge in [0, 0.05) is 5.92 Å². The molecule has 0 N–H and O–H groups in total. The molecule has 0 nitrogen and oxygen atoms in total. The lowest BCUT2D eigenvalue weighted by molar-refractivity contribution is -0.481. The lowest BCUT2D eigenvalue weighted by Crippen LogP contribution is -2.78. The van der Waals surface area contributed by atoms with E-state index in [1.165, 1.54) is 0 Å². The third kappa shape index (κ3) is 4.25. The molecule has 0 spiro atoms. The fraction of sp³-hybridized carbons (Fsp3) is 0.857. The van der Waals surface area contributed by atoms with Crippen LogP contribution in [0, 0.1) is 12.1 Å². The molecule has 26 heteroatoms. The molecule has 0 fully saturated rings. The summed E-state index contributed by atoms with van der Waals surface area (Å²) in [6, 6.07) is 0. The second-order valence-electron chi connectivity index (χ2n) is 7.04. The quantitative estimate of drug-likeness (QED) is 0.163. The molecular formula is C14F26. The van der Waals surface area contributed by atoms with Gasteiger partial charge in [-0.25, -0.2) is 0 Å². The van der Waals surface area contributed by atoms with Gasteiger partial charge in [0.1, 0.15) is 6.17 Å². The first-order valence-electron chi connectivity index (χ1n) is 8.16. The minimum Gasteiger partial charge on any atom is -0.192 e. The summed E-state index contributed by atoms with van der Waals surface area (Å²) < 4.78 is 338. The van der Waals surface area contributed by atoms with Gasteiger partial charge in [-0.1, -0.05) is 0 Å². The number of alkyl halides is 25. The average molecular weight is 662 g/mol. The van der Waals surface area contributed by atoms with Crippen molar-refractivity contribution in [2.24, 2.45) is 0 Å². The van der Waals surface area contributed by atoms with Crippen molar-refractivity contribution in [3.05, 3.63) is 0 Å². The normalized spacial score (nSPS) is 16.6. The standard InChI is InChI=1S/C14F26/c15-2-1-3(16,17)4(18,19)5(20,21)6(22,23)7(24,25)8(26,27)9(28,29)10(30,31)11(32,33)12(34,35)13(36,37)14(38,39)40. The second kappa shape index (κ2) is 9.12. The first-order valence-corrected chi connectivity index (χ1v) is 8.16. The third-order valence-corrected chi connectivity index (χ3v) is 4.50. The van der Waals surface area contributed by atoms with Crippen molar-refractivity contribution >= 4 is 0 Å². The Morgan fingerprint density at radius 3 is 0.600 bits per heavy atom. The summed E-state index contributed by atoms with van der Waals surface area (Å²) in [5, 5.41) is 0. The zero-order chi connectivity index (χ0) is 33.4. The molecule has 0 saturated carbocycles. The van der Waals surface area contributed by atoms with Crippen LogP contribution < -0.4 is 0 Å². The van der Waals surface area contributed by atoms with E-state index < -0.39 is 83.4 Å². The van der Waals surface area contributed by atoms with E-state index in [9.17, 15) is 114 Å². The van der Waals surface area contributed by atoms with Crippen LogP contribution in [0.2, 0.25) is 0 Å². The van der Waals surface area contributed by atoms with Gasteiger partial charge in [0.25, 0.3) is 0 Å². The highest BCUT2D eigenvalue weighted by atomic mass is 19.4. The Kier molecular flexibility index (Phi) is 8.60. The molecule has 0 saturated heterocycles. The Labute approximate surface area is 199 Å². The topological polar surface area (TPSA) is 0 Å². The molecule has 0 aromatic carbocycles. The van der Waals surface area contributed by atoms with Crippen molar-refractivity contribution in [3.63, 3.8) is 0 Å². The van der Waals surface area contributed by atoms with Crippen molar-refractivity contribution in [2.45, 2.75) is 71.3 Å². The fourth-order valence-electron chi connectivity index (χ4n) is 2.09. The van der Waals surface area contributed by atoms with Crippen LogP contribution in [-0.2, 0) is 0 Å². The van der Waals surface area contributed by atoms with Crippen molar-refractivity contribution < 1.29 is 114 Å². The minimum atomic E-state index is -9.64. The van der Waals surface area contributed by atoms with E-state index in [0.717, 1.165) is 0 Å². The van der Waals surface area contributed by atoms with E-state index in [0.29, 0.717) is 0 Å². The minimum absolute atomic E-state index is 0.905. The molecular weight excluding hydrogens is 662 g/mol.